The first-order valence-electron chi connectivity index (χ1n) is 6.03. The third kappa shape index (κ3) is 2.82. The van der Waals surface area contributed by atoms with Gasteiger partial charge in [-0.3, -0.25) is 0 Å². The Morgan fingerprint density at radius 3 is 2.89 bits per heavy atom. The minimum absolute atomic E-state index is 0.597. The number of rotatable bonds is 5. The summed E-state index contributed by atoms with van der Waals surface area (Å²) in [7, 11) is 0. The summed E-state index contributed by atoms with van der Waals surface area (Å²) in [6.07, 6.45) is 1.58. The van der Waals surface area contributed by atoms with Crippen LogP contribution in [-0.2, 0) is 0 Å². The summed E-state index contributed by atoms with van der Waals surface area (Å²) in [6, 6.07) is 11.8. The van der Waals surface area contributed by atoms with Crippen LogP contribution in [-0.4, -0.2) is 23.1 Å². The van der Waals surface area contributed by atoms with Crippen LogP contribution in [0.2, 0.25) is 0 Å². The van der Waals surface area contributed by atoms with Crippen molar-refractivity contribution < 1.29 is 4.74 Å². The number of ether oxygens (including phenoxy) is 1. The van der Waals surface area contributed by atoms with Crippen molar-refractivity contribution in [2.45, 2.75) is 0 Å². The number of fused-ring (bicyclic) bond motifs is 1. The maximum atomic E-state index is 5.62. The molecule has 2 heterocycles. The van der Waals surface area contributed by atoms with Crippen molar-refractivity contribution in [1.82, 2.24) is 9.97 Å². The Hall–Kier alpha value is -2.14. The van der Waals surface area contributed by atoms with Crippen LogP contribution in [0, 0.1) is 0 Å². The molecule has 0 amide bonds. The topological polar surface area (TPSA) is 47.0 Å². The van der Waals surface area contributed by atoms with Crippen molar-refractivity contribution in [2.75, 3.05) is 18.5 Å². The van der Waals surface area contributed by atoms with Gasteiger partial charge in [-0.1, -0.05) is 18.2 Å². The predicted octanol–water partition coefficient (Wildman–Crippen LogP) is 3.18. The molecule has 0 radical (unpaired) electrons. The third-order valence-electron chi connectivity index (χ3n) is 2.67. The Balaban J connectivity index is 1.57. The molecule has 5 heteroatoms. The highest BCUT2D eigenvalue weighted by Gasteiger charge is 2.03. The molecule has 1 N–H and O–H groups in total. The molecule has 0 spiro atoms. The number of hydrogen-bond donors (Lipinski definition) is 1. The highest BCUT2D eigenvalue weighted by molar-refractivity contribution is 7.16. The van der Waals surface area contributed by atoms with Gasteiger partial charge in [0.2, 0.25) is 0 Å². The van der Waals surface area contributed by atoms with Crippen LogP contribution in [0.1, 0.15) is 0 Å². The zero-order valence-corrected chi connectivity index (χ0v) is 11.1. The third-order valence-corrected chi connectivity index (χ3v) is 3.49. The van der Waals surface area contributed by atoms with Crippen molar-refractivity contribution >= 4 is 27.4 Å². The Morgan fingerprint density at radius 2 is 2.00 bits per heavy atom. The van der Waals surface area contributed by atoms with Gasteiger partial charge >= 0.3 is 0 Å². The lowest BCUT2D eigenvalue weighted by Gasteiger charge is -2.08. The first-order valence-corrected chi connectivity index (χ1v) is 6.91. The van der Waals surface area contributed by atoms with Gasteiger partial charge in [0.1, 0.15) is 29.3 Å². The molecule has 19 heavy (non-hydrogen) atoms. The molecule has 1 aromatic carbocycles. The number of benzene rings is 1. The smallest absolute Gasteiger partial charge is 0.138 e. The molecule has 0 aliphatic carbocycles. The second kappa shape index (κ2) is 5.67. The first kappa shape index (κ1) is 11.9. The van der Waals surface area contributed by atoms with E-state index >= 15 is 0 Å². The van der Waals surface area contributed by atoms with Gasteiger partial charge in [0.15, 0.2) is 0 Å². The van der Waals surface area contributed by atoms with Crippen LogP contribution in [0.15, 0.2) is 48.1 Å². The molecular weight excluding hydrogens is 258 g/mol. The fourth-order valence-corrected chi connectivity index (χ4v) is 2.52. The van der Waals surface area contributed by atoms with Crippen LogP contribution in [0.5, 0.6) is 5.75 Å². The summed E-state index contributed by atoms with van der Waals surface area (Å²) >= 11 is 1.62. The molecule has 0 bridgehead atoms. The average molecular weight is 271 g/mol. The molecule has 0 aliphatic rings. The summed E-state index contributed by atoms with van der Waals surface area (Å²) in [6.45, 7) is 1.30. The number of para-hydroxylation sites is 1. The highest BCUT2D eigenvalue weighted by atomic mass is 32.1. The van der Waals surface area contributed by atoms with E-state index < -0.39 is 0 Å². The Morgan fingerprint density at radius 1 is 1.11 bits per heavy atom. The van der Waals surface area contributed by atoms with E-state index in [2.05, 4.69) is 15.3 Å². The summed E-state index contributed by atoms with van der Waals surface area (Å²) in [5, 5.41) is 6.36. The van der Waals surface area contributed by atoms with Crippen LogP contribution in [0.25, 0.3) is 10.2 Å². The lowest BCUT2D eigenvalue weighted by molar-refractivity contribution is 0.333. The minimum atomic E-state index is 0.597. The first-order chi connectivity index (χ1) is 9.43. The van der Waals surface area contributed by atoms with E-state index in [1.807, 2.05) is 41.8 Å². The molecule has 0 unspecified atom stereocenters. The molecule has 3 aromatic rings. The normalized spacial score (nSPS) is 10.5. The quantitative estimate of drug-likeness (QED) is 0.724. The van der Waals surface area contributed by atoms with Crippen LogP contribution in [0.3, 0.4) is 0 Å². The highest BCUT2D eigenvalue weighted by Crippen LogP contribution is 2.23. The van der Waals surface area contributed by atoms with Crippen LogP contribution in [0.4, 0.5) is 5.82 Å². The number of nitrogens with one attached hydrogen (secondary N) is 1. The van der Waals surface area contributed by atoms with Gasteiger partial charge in [-0.15, -0.1) is 11.3 Å². The van der Waals surface area contributed by atoms with Gasteiger partial charge in [-0.25, -0.2) is 9.97 Å². The largest absolute Gasteiger partial charge is 0.492 e. The lowest BCUT2D eigenvalue weighted by atomic mass is 10.3. The minimum Gasteiger partial charge on any atom is -0.492 e. The fraction of sp³-hybridized carbons (Fsp3) is 0.143. The summed E-state index contributed by atoms with van der Waals surface area (Å²) in [4.78, 5) is 9.47. The van der Waals surface area contributed by atoms with Gasteiger partial charge in [-0.05, 0) is 23.6 Å². The molecule has 0 saturated heterocycles. The molecule has 0 saturated carbocycles. The molecule has 0 fully saturated rings. The van der Waals surface area contributed by atoms with Crippen molar-refractivity contribution in [3.05, 3.63) is 48.1 Å². The van der Waals surface area contributed by atoms with Crippen molar-refractivity contribution in [1.29, 1.82) is 0 Å². The second-order valence-corrected chi connectivity index (χ2v) is 4.84. The summed E-state index contributed by atoms with van der Waals surface area (Å²) in [5.41, 5.74) is 0. The Kier molecular flexibility index (Phi) is 3.56. The SMILES string of the molecule is c1ccc(OCCNc2ncnc3sccc23)cc1. The van der Waals surface area contributed by atoms with E-state index in [0.717, 1.165) is 21.8 Å². The van der Waals surface area contributed by atoms with Gasteiger partial charge in [0.25, 0.3) is 0 Å². The maximum absolute atomic E-state index is 5.62. The van der Waals surface area contributed by atoms with Crippen molar-refractivity contribution in [3.8, 4) is 5.75 Å². The number of anilines is 1. The maximum Gasteiger partial charge on any atom is 0.138 e. The van der Waals surface area contributed by atoms with E-state index in [1.165, 1.54) is 0 Å². The molecule has 4 nitrogen and oxygen atoms in total. The number of hydrogen-bond acceptors (Lipinski definition) is 5. The van der Waals surface area contributed by atoms with Gasteiger partial charge < -0.3 is 10.1 Å². The van der Waals surface area contributed by atoms with E-state index in [1.54, 1.807) is 17.7 Å². The zero-order valence-electron chi connectivity index (χ0n) is 10.2. The lowest BCUT2D eigenvalue weighted by Crippen LogP contribution is -2.12. The van der Waals surface area contributed by atoms with Crippen molar-refractivity contribution in [3.63, 3.8) is 0 Å². The van der Waals surface area contributed by atoms with Gasteiger partial charge in [0, 0.05) is 0 Å². The van der Waals surface area contributed by atoms with E-state index in [4.69, 9.17) is 4.74 Å². The Labute approximate surface area is 115 Å². The number of nitrogens with zero attached hydrogens (tertiary/aromatic N) is 2. The van der Waals surface area contributed by atoms with E-state index in [0.29, 0.717) is 13.2 Å². The molecular formula is C14H13N3OS. The summed E-state index contributed by atoms with van der Waals surface area (Å²) < 4.78 is 5.62. The van der Waals surface area contributed by atoms with Gasteiger partial charge in [-0.2, -0.15) is 0 Å². The van der Waals surface area contributed by atoms with Gasteiger partial charge in [0.05, 0.1) is 11.9 Å². The Bertz CT molecular complexity index is 654. The zero-order chi connectivity index (χ0) is 12.9. The van der Waals surface area contributed by atoms with Crippen LogP contribution >= 0.6 is 11.3 Å². The predicted molar refractivity (Wildman–Crippen MR) is 77.8 cm³/mol. The average Bonchev–Trinajstić information content (AvgIpc) is 2.94. The second-order valence-electron chi connectivity index (χ2n) is 3.95. The molecule has 96 valence electrons. The fourth-order valence-electron chi connectivity index (χ4n) is 1.79. The standard InChI is InChI=1S/C14H13N3OS/c1-2-4-11(5-3-1)18-8-7-15-13-12-6-9-19-14(12)17-10-16-13/h1-6,9-10H,7-8H2,(H,15,16,17). The van der Waals surface area contributed by atoms with Crippen LogP contribution < -0.4 is 10.1 Å². The molecule has 3 rings (SSSR count). The van der Waals surface area contributed by atoms with E-state index in [-0.39, 0.29) is 0 Å². The molecule has 0 atom stereocenters. The number of aromatic nitrogens is 2. The molecule has 0 aliphatic heterocycles. The van der Waals surface area contributed by atoms with Crippen molar-refractivity contribution in [2.24, 2.45) is 0 Å². The monoisotopic (exact) mass is 271 g/mol. The van der Waals surface area contributed by atoms with E-state index in [9.17, 15) is 0 Å². The summed E-state index contributed by atoms with van der Waals surface area (Å²) in [5.74, 6) is 1.75. The molecule has 2 aromatic heterocycles. The number of thiophene rings is 1.